The smallest absolute Gasteiger partial charge is 0.341 e. The fourth-order valence-corrected chi connectivity index (χ4v) is 2.41. The largest absolute Gasteiger partial charge is 0.481 e. The van der Waals surface area contributed by atoms with Crippen molar-refractivity contribution in [3.63, 3.8) is 0 Å². The van der Waals surface area contributed by atoms with E-state index in [4.69, 9.17) is 15.6 Å². The molecule has 0 fully saturated rings. The number of carbonyl (C=O) groups is 3. The molecule has 1 aromatic carbocycles. The van der Waals surface area contributed by atoms with Crippen molar-refractivity contribution in [3.05, 3.63) is 28.8 Å². The third-order valence-corrected chi connectivity index (χ3v) is 3.46. The van der Waals surface area contributed by atoms with Gasteiger partial charge < -0.3 is 20.5 Å². The van der Waals surface area contributed by atoms with E-state index in [1.165, 1.54) is 4.90 Å². The van der Waals surface area contributed by atoms with Gasteiger partial charge in [-0.25, -0.2) is 4.79 Å². The van der Waals surface area contributed by atoms with Crippen LogP contribution in [-0.4, -0.2) is 47.5 Å². The average molecular weight is 336 g/mol. The first kappa shape index (κ1) is 19.5. The summed E-state index contributed by atoms with van der Waals surface area (Å²) in [5, 5.41) is 8.71. The summed E-state index contributed by atoms with van der Waals surface area (Å²) in [4.78, 5) is 35.9. The maximum absolute atomic E-state index is 12.7. The van der Waals surface area contributed by atoms with E-state index in [1.807, 2.05) is 6.92 Å². The Bertz CT molecular complexity index is 604. The molecule has 1 aromatic rings. The number of hydrogen-bond donors (Lipinski definition) is 2. The monoisotopic (exact) mass is 336 g/mol. The number of amides is 2. The van der Waals surface area contributed by atoms with Crippen LogP contribution in [0.25, 0.3) is 0 Å². The molecule has 0 radical (unpaired) electrons. The topological polar surface area (TPSA) is 110 Å². The minimum Gasteiger partial charge on any atom is -0.481 e. The third kappa shape index (κ3) is 5.57. The average Bonchev–Trinajstić information content (AvgIpc) is 2.49. The van der Waals surface area contributed by atoms with E-state index in [2.05, 4.69) is 0 Å². The van der Waals surface area contributed by atoms with Crippen LogP contribution in [0.4, 0.5) is 0 Å². The molecule has 0 atom stereocenters. The van der Waals surface area contributed by atoms with Gasteiger partial charge in [-0.1, -0.05) is 13.3 Å². The molecular weight excluding hydrogens is 312 g/mol. The lowest BCUT2D eigenvalue weighted by molar-refractivity contribution is -0.139. The van der Waals surface area contributed by atoms with E-state index in [0.717, 1.165) is 12.8 Å². The molecule has 0 saturated carbocycles. The molecule has 132 valence electrons. The second kappa shape index (κ2) is 8.90. The van der Waals surface area contributed by atoms with E-state index >= 15 is 0 Å². The van der Waals surface area contributed by atoms with Gasteiger partial charge in [0.2, 0.25) is 5.91 Å². The summed E-state index contributed by atoms with van der Waals surface area (Å²) >= 11 is 0. The Morgan fingerprint density at radius 1 is 1.21 bits per heavy atom. The molecular formula is C17H24N2O5. The fraction of sp³-hybridized carbons (Fsp3) is 0.471. The van der Waals surface area contributed by atoms with Crippen molar-refractivity contribution < 1.29 is 24.2 Å². The molecule has 0 aliphatic heterocycles. The summed E-state index contributed by atoms with van der Waals surface area (Å²) in [7, 11) is 0. The summed E-state index contributed by atoms with van der Waals surface area (Å²) in [6.45, 7) is 5.35. The van der Waals surface area contributed by atoms with Crippen molar-refractivity contribution in [1.82, 2.24) is 4.90 Å². The lowest BCUT2D eigenvalue weighted by Crippen LogP contribution is -2.39. The molecule has 2 amide bonds. The molecule has 7 nitrogen and oxygen atoms in total. The van der Waals surface area contributed by atoms with Crippen LogP contribution < -0.4 is 10.5 Å². The second-order valence-electron chi connectivity index (χ2n) is 5.67. The molecule has 3 N–H and O–H groups in total. The Morgan fingerprint density at radius 3 is 2.25 bits per heavy atom. The number of nitrogens with zero attached hydrogens (tertiary/aromatic N) is 1. The molecule has 0 spiro atoms. The Balaban J connectivity index is 3.04. The minimum atomic E-state index is -1.07. The molecule has 24 heavy (non-hydrogen) atoms. The molecule has 0 unspecified atom stereocenters. The van der Waals surface area contributed by atoms with Crippen LogP contribution in [0, 0.1) is 13.8 Å². The van der Waals surface area contributed by atoms with Gasteiger partial charge in [0.1, 0.15) is 5.75 Å². The zero-order valence-corrected chi connectivity index (χ0v) is 14.3. The summed E-state index contributed by atoms with van der Waals surface area (Å²) in [5.41, 5.74) is 6.97. The number of rotatable bonds is 9. The minimum absolute atomic E-state index is 0.131. The molecule has 7 heteroatoms. The summed E-state index contributed by atoms with van der Waals surface area (Å²) in [6.07, 6.45) is 1.67. The third-order valence-electron chi connectivity index (χ3n) is 3.46. The predicted octanol–water partition coefficient (Wildman–Crippen LogP) is 1.49. The number of unbranched alkanes of at least 4 members (excludes halogenated alkanes) is 1. The maximum atomic E-state index is 12.7. The van der Waals surface area contributed by atoms with Crippen molar-refractivity contribution >= 4 is 17.8 Å². The molecule has 0 bridgehead atoms. The highest BCUT2D eigenvalue weighted by Gasteiger charge is 2.19. The van der Waals surface area contributed by atoms with Crippen molar-refractivity contribution in [2.75, 3.05) is 19.7 Å². The lowest BCUT2D eigenvalue weighted by Gasteiger charge is -2.22. The van der Waals surface area contributed by atoms with Crippen molar-refractivity contribution in [3.8, 4) is 5.75 Å². The lowest BCUT2D eigenvalue weighted by atomic mass is 10.0. The van der Waals surface area contributed by atoms with Crippen LogP contribution in [0.1, 0.15) is 41.3 Å². The number of nitrogens with two attached hydrogens (primary N) is 1. The Kier molecular flexibility index (Phi) is 7.23. The van der Waals surface area contributed by atoms with Gasteiger partial charge in [-0.05, 0) is 43.5 Å². The van der Waals surface area contributed by atoms with Gasteiger partial charge in [-0.15, -0.1) is 0 Å². The van der Waals surface area contributed by atoms with Crippen molar-refractivity contribution in [1.29, 1.82) is 0 Å². The van der Waals surface area contributed by atoms with Crippen LogP contribution in [0.2, 0.25) is 0 Å². The molecule has 0 aliphatic carbocycles. The van der Waals surface area contributed by atoms with E-state index in [1.54, 1.807) is 26.0 Å². The first-order valence-corrected chi connectivity index (χ1v) is 7.79. The standard InChI is InChI=1S/C17H24N2O5/c1-4-5-6-19(9-14(18)20)17(23)13-7-11(2)16(12(3)8-13)24-10-15(21)22/h7-8H,4-6,9-10H2,1-3H3,(H2,18,20)(H,21,22). The number of hydrogen-bond acceptors (Lipinski definition) is 4. The fourth-order valence-electron chi connectivity index (χ4n) is 2.41. The molecule has 0 aromatic heterocycles. The maximum Gasteiger partial charge on any atom is 0.341 e. The number of carbonyl (C=O) groups excluding carboxylic acids is 2. The highest BCUT2D eigenvalue weighted by Crippen LogP contribution is 2.25. The number of aryl methyl sites for hydroxylation is 2. The van der Waals surface area contributed by atoms with Gasteiger partial charge in [0.15, 0.2) is 6.61 Å². The quantitative estimate of drug-likeness (QED) is 0.710. The highest BCUT2D eigenvalue weighted by atomic mass is 16.5. The first-order chi connectivity index (χ1) is 11.3. The molecule has 0 aliphatic rings. The van der Waals surface area contributed by atoms with E-state index in [-0.39, 0.29) is 12.5 Å². The van der Waals surface area contributed by atoms with Crippen LogP contribution in [-0.2, 0) is 9.59 Å². The molecule has 0 heterocycles. The number of primary amides is 1. The number of carboxylic acids is 1. The van der Waals surface area contributed by atoms with Crippen molar-refractivity contribution in [2.24, 2.45) is 5.73 Å². The van der Waals surface area contributed by atoms with E-state index in [9.17, 15) is 14.4 Å². The Labute approximate surface area is 141 Å². The van der Waals surface area contributed by atoms with Crippen LogP contribution in [0.5, 0.6) is 5.75 Å². The summed E-state index contributed by atoms with van der Waals surface area (Å²) in [6, 6.07) is 3.26. The second-order valence-corrected chi connectivity index (χ2v) is 5.67. The predicted molar refractivity (Wildman–Crippen MR) is 89.1 cm³/mol. The number of carboxylic acid groups (broad SMARTS) is 1. The number of aliphatic carboxylic acids is 1. The Morgan fingerprint density at radius 2 is 1.79 bits per heavy atom. The molecule has 0 saturated heterocycles. The zero-order chi connectivity index (χ0) is 18.3. The summed E-state index contributed by atoms with van der Waals surface area (Å²) in [5.74, 6) is -1.46. The highest BCUT2D eigenvalue weighted by molar-refractivity contribution is 5.97. The van der Waals surface area contributed by atoms with Crippen LogP contribution in [0.15, 0.2) is 12.1 Å². The van der Waals surface area contributed by atoms with Gasteiger partial charge in [0.05, 0.1) is 6.54 Å². The van der Waals surface area contributed by atoms with Gasteiger partial charge in [-0.3, -0.25) is 9.59 Å². The summed E-state index contributed by atoms with van der Waals surface area (Å²) < 4.78 is 5.26. The van der Waals surface area contributed by atoms with Crippen molar-refractivity contribution in [2.45, 2.75) is 33.6 Å². The van der Waals surface area contributed by atoms with Gasteiger partial charge >= 0.3 is 5.97 Å². The first-order valence-electron chi connectivity index (χ1n) is 7.79. The van der Waals surface area contributed by atoms with Crippen LogP contribution >= 0.6 is 0 Å². The zero-order valence-electron chi connectivity index (χ0n) is 14.3. The van der Waals surface area contributed by atoms with E-state index in [0.29, 0.717) is 29.0 Å². The normalized spacial score (nSPS) is 10.3. The van der Waals surface area contributed by atoms with Gasteiger partial charge in [0.25, 0.3) is 5.91 Å². The van der Waals surface area contributed by atoms with Crippen LogP contribution in [0.3, 0.4) is 0 Å². The van der Waals surface area contributed by atoms with Gasteiger partial charge in [-0.2, -0.15) is 0 Å². The Hall–Kier alpha value is -2.57. The van der Waals surface area contributed by atoms with E-state index < -0.39 is 18.5 Å². The van der Waals surface area contributed by atoms with Gasteiger partial charge in [0, 0.05) is 12.1 Å². The SMILES string of the molecule is CCCCN(CC(N)=O)C(=O)c1cc(C)c(OCC(=O)O)c(C)c1. The molecule has 1 rings (SSSR count). The number of benzene rings is 1. The number of ether oxygens (including phenoxy) is 1.